The fourth-order valence-corrected chi connectivity index (χ4v) is 3.30. The molecule has 0 fully saturated rings. The SMILES string of the molecule is O=C(COc1ccc(C(=O)NN=Cc2cccc(Br)c2)cc1)NN=Cc1cccc(Br)c1. The molecule has 0 heterocycles. The predicted molar refractivity (Wildman–Crippen MR) is 131 cm³/mol. The van der Waals surface area contributed by atoms with Gasteiger partial charge in [-0.05, 0) is 59.7 Å². The number of hydrazone groups is 2. The molecule has 0 atom stereocenters. The number of ether oxygens (including phenoxy) is 1. The Morgan fingerprint density at radius 3 is 1.94 bits per heavy atom. The summed E-state index contributed by atoms with van der Waals surface area (Å²) in [7, 11) is 0. The molecule has 0 spiro atoms. The second kappa shape index (κ2) is 11.9. The van der Waals surface area contributed by atoms with E-state index in [2.05, 4.69) is 52.9 Å². The maximum Gasteiger partial charge on any atom is 0.277 e. The normalized spacial score (nSPS) is 10.9. The zero-order valence-electron chi connectivity index (χ0n) is 16.7. The number of hydrogen-bond donors (Lipinski definition) is 2. The summed E-state index contributed by atoms with van der Waals surface area (Å²) < 4.78 is 7.26. The molecule has 0 aromatic heterocycles. The molecule has 7 nitrogen and oxygen atoms in total. The van der Waals surface area contributed by atoms with Crippen LogP contribution in [-0.4, -0.2) is 30.9 Å². The lowest BCUT2D eigenvalue weighted by Gasteiger charge is -2.06. The Morgan fingerprint density at radius 1 is 0.812 bits per heavy atom. The summed E-state index contributed by atoms with van der Waals surface area (Å²) in [5.74, 6) is -0.312. The van der Waals surface area contributed by atoms with Gasteiger partial charge in [-0.25, -0.2) is 10.9 Å². The third-order valence-corrected chi connectivity index (χ3v) is 4.95. The molecule has 3 aromatic rings. The number of benzene rings is 3. The van der Waals surface area contributed by atoms with Gasteiger partial charge in [-0.1, -0.05) is 56.1 Å². The van der Waals surface area contributed by atoms with Gasteiger partial charge < -0.3 is 4.74 Å². The third-order valence-electron chi connectivity index (χ3n) is 3.97. The van der Waals surface area contributed by atoms with E-state index in [1.54, 1.807) is 30.5 Å². The van der Waals surface area contributed by atoms with Gasteiger partial charge in [0.15, 0.2) is 6.61 Å². The van der Waals surface area contributed by atoms with E-state index < -0.39 is 5.91 Å². The lowest BCUT2D eigenvalue weighted by atomic mass is 10.2. The van der Waals surface area contributed by atoms with Crippen LogP contribution < -0.4 is 15.6 Å². The van der Waals surface area contributed by atoms with Crippen LogP contribution in [0.25, 0.3) is 0 Å². The van der Waals surface area contributed by atoms with Crippen molar-refractivity contribution < 1.29 is 14.3 Å². The van der Waals surface area contributed by atoms with Gasteiger partial charge in [0.1, 0.15) is 5.75 Å². The van der Waals surface area contributed by atoms with Crippen molar-refractivity contribution in [1.29, 1.82) is 0 Å². The quantitative estimate of drug-likeness (QED) is 0.315. The van der Waals surface area contributed by atoms with Crippen LogP contribution in [0.2, 0.25) is 0 Å². The van der Waals surface area contributed by atoms with E-state index in [-0.39, 0.29) is 12.5 Å². The van der Waals surface area contributed by atoms with Crippen molar-refractivity contribution in [3.63, 3.8) is 0 Å². The minimum Gasteiger partial charge on any atom is -0.484 e. The Hall–Kier alpha value is -3.30. The number of halogens is 2. The molecule has 0 aliphatic rings. The molecule has 3 aromatic carbocycles. The molecule has 2 N–H and O–H groups in total. The standard InChI is InChI=1S/C23H18Br2N4O3/c24-19-5-1-3-16(11-19)13-26-28-22(30)15-32-21-9-7-18(8-10-21)23(31)29-27-14-17-4-2-6-20(25)12-17/h1-14H,15H2,(H,28,30)(H,29,31). The smallest absolute Gasteiger partial charge is 0.277 e. The zero-order chi connectivity index (χ0) is 22.8. The molecule has 0 radical (unpaired) electrons. The van der Waals surface area contributed by atoms with Crippen LogP contribution in [0, 0.1) is 0 Å². The lowest BCUT2D eigenvalue weighted by Crippen LogP contribution is -2.24. The van der Waals surface area contributed by atoms with Gasteiger partial charge in [0, 0.05) is 14.5 Å². The van der Waals surface area contributed by atoms with Gasteiger partial charge >= 0.3 is 0 Å². The van der Waals surface area contributed by atoms with Gasteiger partial charge in [0.2, 0.25) is 0 Å². The molecule has 9 heteroatoms. The van der Waals surface area contributed by atoms with Crippen molar-refractivity contribution in [1.82, 2.24) is 10.9 Å². The van der Waals surface area contributed by atoms with Crippen LogP contribution >= 0.6 is 31.9 Å². The van der Waals surface area contributed by atoms with Gasteiger partial charge in [-0.15, -0.1) is 0 Å². The molecular formula is C23H18Br2N4O3. The summed E-state index contributed by atoms with van der Waals surface area (Å²) in [6.45, 7) is -0.210. The summed E-state index contributed by atoms with van der Waals surface area (Å²) in [6, 6.07) is 21.4. The maximum absolute atomic E-state index is 12.2. The zero-order valence-corrected chi connectivity index (χ0v) is 19.8. The second-order valence-electron chi connectivity index (χ2n) is 6.42. The summed E-state index contributed by atoms with van der Waals surface area (Å²) in [6.07, 6.45) is 3.09. The van der Waals surface area contributed by atoms with Gasteiger partial charge in [-0.2, -0.15) is 10.2 Å². The van der Waals surface area contributed by atoms with Gasteiger partial charge in [0.25, 0.3) is 11.8 Å². The third kappa shape index (κ3) is 7.75. The molecule has 162 valence electrons. The van der Waals surface area contributed by atoms with Crippen molar-refractivity contribution in [2.45, 2.75) is 0 Å². The van der Waals surface area contributed by atoms with Crippen LogP contribution in [0.1, 0.15) is 21.5 Å². The highest BCUT2D eigenvalue weighted by Gasteiger charge is 2.06. The fourth-order valence-electron chi connectivity index (χ4n) is 2.47. The Balaban J connectivity index is 1.43. The van der Waals surface area contributed by atoms with E-state index in [1.165, 1.54) is 6.21 Å². The molecule has 0 saturated heterocycles. The number of nitrogens with zero attached hydrogens (tertiary/aromatic N) is 2. The molecule has 0 aliphatic carbocycles. The number of amides is 2. The topological polar surface area (TPSA) is 92.2 Å². The maximum atomic E-state index is 12.2. The summed E-state index contributed by atoms with van der Waals surface area (Å²) in [5, 5.41) is 7.84. The van der Waals surface area contributed by atoms with E-state index in [4.69, 9.17) is 4.74 Å². The van der Waals surface area contributed by atoms with Crippen LogP contribution in [0.4, 0.5) is 0 Å². The molecular weight excluding hydrogens is 540 g/mol. The first-order valence-electron chi connectivity index (χ1n) is 9.39. The number of carbonyl (C=O) groups excluding carboxylic acids is 2. The molecule has 0 saturated carbocycles. The highest BCUT2D eigenvalue weighted by molar-refractivity contribution is 9.10. The molecule has 32 heavy (non-hydrogen) atoms. The average molecular weight is 558 g/mol. The summed E-state index contributed by atoms with van der Waals surface area (Å²) in [5.41, 5.74) is 6.97. The molecule has 3 rings (SSSR count). The van der Waals surface area contributed by atoms with Crippen molar-refractivity contribution >= 4 is 56.1 Å². The number of rotatable bonds is 8. The van der Waals surface area contributed by atoms with Crippen LogP contribution in [0.15, 0.2) is 91.9 Å². The predicted octanol–water partition coefficient (Wildman–Crippen LogP) is 4.50. The summed E-state index contributed by atoms with van der Waals surface area (Å²) in [4.78, 5) is 24.0. The average Bonchev–Trinajstić information content (AvgIpc) is 2.78. The highest BCUT2D eigenvalue weighted by atomic mass is 79.9. The van der Waals surface area contributed by atoms with E-state index in [1.807, 2.05) is 48.5 Å². The minimum atomic E-state index is -0.403. The monoisotopic (exact) mass is 556 g/mol. The molecule has 0 unspecified atom stereocenters. The Kier molecular flexibility index (Phi) is 8.70. The Bertz CT molecular complexity index is 1150. The Labute approximate surface area is 201 Å². The molecule has 0 bridgehead atoms. The van der Waals surface area contributed by atoms with Crippen LogP contribution in [0.5, 0.6) is 5.75 Å². The minimum absolute atomic E-state index is 0.210. The Morgan fingerprint density at radius 2 is 1.38 bits per heavy atom. The van der Waals surface area contributed by atoms with E-state index in [0.717, 1.165) is 20.1 Å². The first kappa shape index (κ1) is 23.4. The van der Waals surface area contributed by atoms with E-state index >= 15 is 0 Å². The van der Waals surface area contributed by atoms with Crippen molar-refractivity contribution in [2.75, 3.05) is 6.61 Å². The van der Waals surface area contributed by atoms with Crippen LogP contribution in [0.3, 0.4) is 0 Å². The second-order valence-corrected chi connectivity index (χ2v) is 8.25. The van der Waals surface area contributed by atoms with E-state index in [0.29, 0.717) is 11.3 Å². The number of hydrogen-bond acceptors (Lipinski definition) is 5. The van der Waals surface area contributed by atoms with E-state index in [9.17, 15) is 9.59 Å². The summed E-state index contributed by atoms with van der Waals surface area (Å²) >= 11 is 6.75. The first-order valence-corrected chi connectivity index (χ1v) is 11.0. The van der Waals surface area contributed by atoms with Crippen molar-refractivity contribution in [2.24, 2.45) is 10.2 Å². The molecule has 0 aliphatic heterocycles. The molecule has 2 amide bonds. The van der Waals surface area contributed by atoms with Crippen LogP contribution in [-0.2, 0) is 4.79 Å². The van der Waals surface area contributed by atoms with Crippen molar-refractivity contribution in [3.8, 4) is 5.75 Å². The number of carbonyl (C=O) groups is 2. The number of nitrogens with one attached hydrogen (secondary N) is 2. The van der Waals surface area contributed by atoms with Crippen molar-refractivity contribution in [3.05, 3.63) is 98.4 Å². The first-order chi connectivity index (χ1) is 15.5. The largest absolute Gasteiger partial charge is 0.484 e. The lowest BCUT2D eigenvalue weighted by molar-refractivity contribution is -0.123. The van der Waals surface area contributed by atoms with Gasteiger partial charge in [-0.3, -0.25) is 9.59 Å². The fraction of sp³-hybridized carbons (Fsp3) is 0.0435. The van der Waals surface area contributed by atoms with Gasteiger partial charge in [0.05, 0.1) is 12.4 Å². The highest BCUT2D eigenvalue weighted by Crippen LogP contribution is 2.13.